The van der Waals surface area contributed by atoms with Crippen LogP contribution in [0, 0.1) is 5.92 Å². The van der Waals surface area contributed by atoms with E-state index in [9.17, 15) is 4.79 Å². The molecule has 0 saturated carbocycles. The Labute approximate surface area is 130 Å². The highest BCUT2D eigenvalue weighted by atomic mass is 16.2. The Bertz CT molecular complexity index is 616. The van der Waals surface area contributed by atoms with E-state index in [1.807, 2.05) is 24.2 Å². The van der Waals surface area contributed by atoms with Crippen molar-refractivity contribution in [2.75, 3.05) is 18.4 Å². The van der Waals surface area contributed by atoms with Crippen LogP contribution in [0.2, 0.25) is 0 Å². The minimum absolute atomic E-state index is 0.0385. The van der Waals surface area contributed by atoms with Gasteiger partial charge in [-0.3, -0.25) is 15.0 Å². The monoisotopic (exact) mass is 299 g/mol. The highest BCUT2D eigenvalue weighted by Gasteiger charge is 2.23. The molecule has 0 unspecified atom stereocenters. The zero-order valence-corrected chi connectivity index (χ0v) is 12.8. The van der Waals surface area contributed by atoms with Gasteiger partial charge >= 0.3 is 6.03 Å². The van der Waals surface area contributed by atoms with E-state index in [1.54, 1.807) is 23.1 Å². The highest BCUT2D eigenvalue weighted by molar-refractivity contribution is 5.88. The number of anilines is 1. The molecule has 22 heavy (non-hydrogen) atoms. The van der Waals surface area contributed by atoms with Crippen LogP contribution in [0.4, 0.5) is 10.6 Å². The van der Waals surface area contributed by atoms with Crippen LogP contribution in [-0.2, 0) is 13.5 Å². The summed E-state index contributed by atoms with van der Waals surface area (Å²) in [5.41, 5.74) is 1.28. The number of pyridine rings is 1. The van der Waals surface area contributed by atoms with Crippen molar-refractivity contribution in [1.82, 2.24) is 19.7 Å². The highest BCUT2D eigenvalue weighted by Crippen LogP contribution is 2.21. The number of urea groups is 1. The maximum Gasteiger partial charge on any atom is 0.322 e. The van der Waals surface area contributed by atoms with Crippen LogP contribution in [0.5, 0.6) is 0 Å². The predicted octanol–water partition coefficient (Wildman–Crippen LogP) is 2.30. The molecule has 0 aromatic carbocycles. The molecule has 0 bridgehead atoms. The Balaban J connectivity index is 1.49. The predicted molar refractivity (Wildman–Crippen MR) is 84.5 cm³/mol. The van der Waals surface area contributed by atoms with E-state index < -0.39 is 0 Å². The summed E-state index contributed by atoms with van der Waals surface area (Å²) in [5, 5.41) is 6.95. The van der Waals surface area contributed by atoms with Crippen LogP contribution in [0.3, 0.4) is 0 Å². The second kappa shape index (κ2) is 6.60. The molecule has 0 aliphatic carbocycles. The van der Waals surface area contributed by atoms with Crippen molar-refractivity contribution in [3.05, 3.63) is 42.4 Å². The van der Waals surface area contributed by atoms with E-state index in [-0.39, 0.29) is 6.03 Å². The topological polar surface area (TPSA) is 63.1 Å². The molecule has 1 aliphatic heterocycles. The fraction of sp³-hybridized carbons (Fsp3) is 0.438. The molecule has 6 nitrogen and oxygen atoms in total. The number of likely N-dealkylation sites (tertiary alicyclic amines) is 1. The van der Waals surface area contributed by atoms with Crippen LogP contribution in [0.1, 0.15) is 18.4 Å². The molecule has 1 N–H and O–H groups in total. The van der Waals surface area contributed by atoms with Crippen molar-refractivity contribution in [1.29, 1.82) is 0 Å². The number of aryl methyl sites for hydroxylation is 1. The molecule has 1 fully saturated rings. The quantitative estimate of drug-likeness (QED) is 0.946. The summed E-state index contributed by atoms with van der Waals surface area (Å²) >= 11 is 0. The molecular formula is C16H21N5O. The molecular weight excluding hydrogens is 278 g/mol. The number of piperidine rings is 1. The van der Waals surface area contributed by atoms with Gasteiger partial charge in [-0.15, -0.1) is 0 Å². The van der Waals surface area contributed by atoms with Gasteiger partial charge in [0.15, 0.2) is 0 Å². The van der Waals surface area contributed by atoms with Crippen LogP contribution in [0.25, 0.3) is 0 Å². The first kappa shape index (κ1) is 14.6. The number of hydrogen-bond donors (Lipinski definition) is 1. The lowest BCUT2D eigenvalue weighted by Crippen LogP contribution is -2.41. The number of amides is 2. The van der Waals surface area contributed by atoms with Gasteiger partial charge < -0.3 is 4.90 Å². The molecule has 0 spiro atoms. The second-order valence-corrected chi connectivity index (χ2v) is 5.77. The molecule has 0 atom stereocenters. The number of hydrogen-bond acceptors (Lipinski definition) is 3. The van der Waals surface area contributed by atoms with Gasteiger partial charge in [0.1, 0.15) is 5.82 Å². The van der Waals surface area contributed by atoms with Crippen molar-refractivity contribution in [2.24, 2.45) is 13.0 Å². The molecule has 1 aliphatic rings. The molecule has 6 heteroatoms. The Morgan fingerprint density at radius 2 is 2.14 bits per heavy atom. The van der Waals surface area contributed by atoms with Gasteiger partial charge in [0.05, 0.1) is 6.20 Å². The van der Waals surface area contributed by atoms with Gasteiger partial charge in [0, 0.05) is 38.6 Å². The molecule has 3 heterocycles. The standard InChI is InChI=1S/C16H21N5O/c1-20-15(4-8-18-20)19-16(22)21-9-5-13(6-10-21)11-14-3-2-7-17-12-14/h2-4,7-8,12-13H,5-6,9-11H2,1H3,(H,19,22). The van der Waals surface area contributed by atoms with Crippen molar-refractivity contribution in [3.8, 4) is 0 Å². The minimum atomic E-state index is -0.0385. The van der Waals surface area contributed by atoms with Crippen LogP contribution >= 0.6 is 0 Å². The normalized spacial score (nSPS) is 15.8. The van der Waals surface area contributed by atoms with Gasteiger partial charge in [0.25, 0.3) is 0 Å². The van der Waals surface area contributed by atoms with Gasteiger partial charge in [-0.2, -0.15) is 5.10 Å². The van der Waals surface area contributed by atoms with Crippen LogP contribution < -0.4 is 5.32 Å². The zero-order chi connectivity index (χ0) is 15.4. The summed E-state index contributed by atoms with van der Waals surface area (Å²) in [4.78, 5) is 18.3. The smallest absolute Gasteiger partial charge is 0.322 e. The SMILES string of the molecule is Cn1nccc1NC(=O)N1CCC(Cc2cccnc2)CC1. The van der Waals surface area contributed by atoms with Gasteiger partial charge in [-0.1, -0.05) is 6.07 Å². The Kier molecular flexibility index (Phi) is 4.37. The second-order valence-electron chi connectivity index (χ2n) is 5.77. The average molecular weight is 299 g/mol. The summed E-state index contributed by atoms with van der Waals surface area (Å²) in [7, 11) is 1.82. The lowest BCUT2D eigenvalue weighted by atomic mass is 9.91. The number of nitrogens with one attached hydrogen (secondary N) is 1. The molecule has 1 saturated heterocycles. The third kappa shape index (κ3) is 3.44. The van der Waals surface area contributed by atoms with E-state index in [2.05, 4.69) is 21.5 Å². The van der Waals surface area contributed by atoms with Crippen molar-refractivity contribution >= 4 is 11.8 Å². The van der Waals surface area contributed by atoms with Gasteiger partial charge in [-0.25, -0.2) is 4.79 Å². The summed E-state index contributed by atoms with van der Waals surface area (Å²) < 4.78 is 1.66. The van der Waals surface area contributed by atoms with Crippen molar-refractivity contribution < 1.29 is 4.79 Å². The Hall–Kier alpha value is -2.37. The van der Waals surface area contributed by atoms with E-state index >= 15 is 0 Å². The van der Waals surface area contributed by atoms with Crippen LogP contribution in [-0.4, -0.2) is 38.8 Å². The maximum absolute atomic E-state index is 12.2. The van der Waals surface area contributed by atoms with Crippen molar-refractivity contribution in [2.45, 2.75) is 19.3 Å². The first-order valence-corrected chi connectivity index (χ1v) is 7.65. The number of carbonyl (C=O) groups is 1. The average Bonchev–Trinajstić information content (AvgIpc) is 2.94. The maximum atomic E-state index is 12.2. The minimum Gasteiger partial charge on any atom is -0.324 e. The van der Waals surface area contributed by atoms with E-state index in [4.69, 9.17) is 0 Å². The lowest BCUT2D eigenvalue weighted by molar-refractivity contribution is 0.182. The molecule has 116 valence electrons. The fourth-order valence-corrected chi connectivity index (χ4v) is 2.88. The Morgan fingerprint density at radius 1 is 1.32 bits per heavy atom. The third-order valence-corrected chi connectivity index (χ3v) is 4.20. The molecule has 2 aromatic rings. The number of carbonyl (C=O) groups excluding carboxylic acids is 1. The number of rotatable bonds is 3. The van der Waals surface area contributed by atoms with Gasteiger partial charge in [0.2, 0.25) is 0 Å². The summed E-state index contributed by atoms with van der Waals surface area (Å²) in [6.45, 7) is 1.60. The fourth-order valence-electron chi connectivity index (χ4n) is 2.88. The Morgan fingerprint density at radius 3 is 2.77 bits per heavy atom. The molecule has 3 rings (SSSR count). The van der Waals surface area contributed by atoms with E-state index in [0.717, 1.165) is 38.2 Å². The van der Waals surface area contributed by atoms with E-state index in [0.29, 0.717) is 5.92 Å². The summed E-state index contributed by atoms with van der Waals surface area (Å²) in [6.07, 6.45) is 8.53. The number of aromatic nitrogens is 3. The largest absolute Gasteiger partial charge is 0.324 e. The first-order valence-electron chi connectivity index (χ1n) is 7.65. The summed E-state index contributed by atoms with van der Waals surface area (Å²) in [5.74, 6) is 1.35. The van der Waals surface area contributed by atoms with Crippen molar-refractivity contribution in [3.63, 3.8) is 0 Å². The van der Waals surface area contributed by atoms with Crippen LogP contribution in [0.15, 0.2) is 36.8 Å². The summed E-state index contributed by atoms with van der Waals surface area (Å²) in [6, 6.07) is 5.86. The lowest BCUT2D eigenvalue weighted by Gasteiger charge is -2.32. The van der Waals surface area contributed by atoms with Gasteiger partial charge in [-0.05, 0) is 36.8 Å². The molecule has 2 aromatic heterocycles. The zero-order valence-electron chi connectivity index (χ0n) is 12.8. The third-order valence-electron chi connectivity index (χ3n) is 4.20. The molecule has 0 radical (unpaired) electrons. The molecule has 2 amide bonds. The first-order chi connectivity index (χ1) is 10.7. The number of nitrogens with zero attached hydrogens (tertiary/aromatic N) is 4. The van der Waals surface area contributed by atoms with E-state index in [1.165, 1.54) is 5.56 Å².